The molecule has 13 heavy (non-hydrogen) atoms. The van der Waals surface area contributed by atoms with Crippen LogP contribution in [-0.4, -0.2) is 19.0 Å². The molecule has 1 aromatic rings. The number of benzene rings is 1. The highest BCUT2D eigenvalue weighted by atomic mass is 15.0. The minimum atomic E-state index is 1.04. The lowest BCUT2D eigenvalue weighted by atomic mass is 10.1. The first-order valence-corrected chi connectivity index (χ1v) is 4.56. The van der Waals surface area contributed by atoms with E-state index in [1.54, 1.807) is 0 Å². The van der Waals surface area contributed by atoms with Crippen LogP contribution in [0.25, 0.3) is 0 Å². The molecule has 0 heterocycles. The Labute approximate surface area is 80.7 Å². The van der Waals surface area contributed by atoms with Crippen LogP contribution in [0, 0.1) is 0 Å². The van der Waals surface area contributed by atoms with Crippen LogP contribution in [0.15, 0.2) is 42.1 Å². The first-order valence-electron chi connectivity index (χ1n) is 4.56. The first kappa shape index (κ1) is 9.85. The van der Waals surface area contributed by atoms with Crippen molar-refractivity contribution in [1.29, 1.82) is 0 Å². The van der Waals surface area contributed by atoms with E-state index in [1.807, 2.05) is 0 Å². The predicted octanol–water partition coefficient (Wildman–Crippen LogP) is 2.69. The summed E-state index contributed by atoms with van der Waals surface area (Å²) in [5.74, 6) is 0. The Bertz CT molecular complexity index is 272. The molecule has 0 unspecified atom stereocenters. The quantitative estimate of drug-likeness (QED) is 0.682. The van der Waals surface area contributed by atoms with Crippen molar-refractivity contribution >= 4 is 0 Å². The zero-order valence-electron chi connectivity index (χ0n) is 8.62. The lowest BCUT2D eigenvalue weighted by Gasteiger charge is -2.08. The van der Waals surface area contributed by atoms with E-state index >= 15 is 0 Å². The maximum atomic E-state index is 2.16. The molecule has 1 rings (SSSR count). The van der Waals surface area contributed by atoms with Gasteiger partial charge in [-0.3, -0.25) is 0 Å². The minimum Gasteiger partial charge on any atom is -0.384 e. The van der Waals surface area contributed by atoms with Crippen molar-refractivity contribution in [3.63, 3.8) is 0 Å². The van der Waals surface area contributed by atoms with Crippen LogP contribution in [-0.2, 0) is 6.42 Å². The fourth-order valence-corrected chi connectivity index (χ4v) is 1.40. The van der Waals surface area contributed by atoms with Crippen LogP contribution >= 0.6 is 0 Å². The molecule has 0 fully saturated rings. The van der Waals surface area contributed by atoms with E-state index in [9.17, 15) is 0 Å². The Balaban J connectivity index is 2.60. The van der Waals surface area contributed by atoms with E-state index < -0.39 is 0 Å². The Hall–Kier alpha value is -1.24. The summed E-state index contributed by atoms with van der Waals surface area (Å²) >= 11 is 0. The minimum absolute atomic E-state index is 1.04. The van der Waals surface area contributed by atoms with Crippen LogP contribution in [0.5, 0.6) is 0 Å². The molecule has 70 valence electrons. The van der Waals surface area contributed by atoms with Gasteiger partial charge in [0.15, 0.2) is 0 Å². The van der Waals surface area contributed by atoms with E-state index in [0.717, 1.165) is 6.42 Å². The van der Waals surface area contributed by atoms with Gasteiger partial charge in [-0.15, -0.1) is 0 Å². The zero-order chi connectivity index (χ0) is 9.68. The maximum absolute atomic E-state index is 2.16. The van der Waals surface area contributed by atoms with Crippen LogP contribution in [0.2, 0.25) is 0 Å². The summed E-state index contributed by atoms with van der Waals surface area (Å²) in [6.45, 7) is 2.16. The normalized spacial score (nSPS) is 11.5. The Morgan fingerprint density at radius 2 is 1.85 bits per heavy atom. The van der Waals surface area contributed by atoms with Gasteiger partial charge in [-0.2, -0.15) is 0 Å². The number of hydrogen-bond donors (Lipinski definition) is 0. The molecular formula is C12H17N. The van der Waals surface area contributed by atoms with E-state index in [1.165, 1.54) is 11.1 Å². The molecule has 1 nitrogen and oxygen atoms in total. The summed E-state index contributed by atoms with van der Waals surface area (Å²) in [6, 6.07) is 10.5. The van der Waals surface area contributed by atoms with Crippen LogP contribution in [0.1, 0.15) is 12.5 Å². The number of allylic oxidation sites excluding steroid dienone is 1. The molecule has 0 N–H and O–H groups in total. The van der Waals surface area contributed by atoms with Crippen molar-refractivity contribution in [2.24, 2.45) is 0 Å². The molecule has 0 amide bonds. The molecule has 0 aliphatic heterocycles. The summed E-state index contributed by atoms with van der Waals surface area (Å²) in [5, 5.41) is 0. The Morgan fingerprint density at radius 1 is 1.23 bits per heavy atom. The van der Waals surface area contributed by atoms with Crippen LogP contribution in [0.3, 0.4) is 0 Å². The van der Waals surface area contributed by atoms with E-state index in [2.05, 4.69) is 62.5 Å². The van der Waals surface area contributed by atoms with Crippen molar-refractivity contribution < 1.29 is 0 Å². The van der Waals surface area contributed by atoms with Crippen molar-refractivity contribution in [3.05, 3.63) is 47.7 Å². The Morgan fingerprint density at radius 3 is 2.38 bits per heavy atom. The molecule has 0 aromatic heterocycles. The molecule has 0 radical (unpaired) electrons. The predicted molar refractivity (Wildman–Crippen MR) is 57.6 cm³/mol. The topological polar surface area (TPSA) is 3.24 Å². The fourth-order valence-electron chi connectivity index (χ4n) is 1.40. The second-order valence-corrected chi connectivity index (χ2v) is 3.60. The lowest BCUT2D eigenvalue weighted by molar-refractivity contribution is 0.556. The molecule has 0 saturated carbocycles. The smallest absolute Gasteiger partial charge is 0.00556 e. The van der Waals surface area contributed by atoms with Gasteiger partial charge in [0.2, 0.25) is 0 Å². The van der Waals surface area contributed by atoms with Crippen molar-refractivity contribution in [2.75, 3.05) is 14.1 Å². The largest absolute Gasteiger partial charge is 0.384 e. The lowest BCUT2D eigenvalue weighted by Crippen LogP contribution is -2.02. The zero-order valence-corrected chi connectivity index (χ0v) is 8.62. The van der Waals surface area contributed by atoms with E-state index in [0.29, 0.717) is 0 Å². The highest BCUT2D eigenvalue weighted by Gasteiger charge is 1.93. The van der Waals surface area contributed by atoms with Crippen LogP contribution < -0.4 is 0 Å². The third-order valence-corrected chi connectivity index (χ3v) is 1.80. The van der Waals surface area contributed by atoms with Gasteiger partial charge in [-0.05, 0) is 25.1 Å². The molecule has 1 aromatic carbocycles. The second kappa shape index (κ2) is 4.70. The standard InChI is InChI=1S/C12H17N/c1-11(10-13(2)3)9-12-7-5-4-6-8-12/h4-8,10H,9H2,1-3H3/b11-10+. The van der Waals surface area contributed by atoms with Crippen LogP contribution in [0.4, 0.5) is 0 Å². The van der Waals surface area contributed by atoms with Gasteiger partial charge in [0.05, 0.1) is 0 Å². The molecule has 0 aliphatic rings. The molecule has 1 heteroatoms. The van der Waals surface area contributed by atoms with Gasteiger partial charge in [0, 0.05) is 14.1 Å². The van der Waals surface area contributed by atoms with Crippen molar-refractivity contribution in [1.82, 2.24) is 4.90 Å². The summed E-state index contributed by atoms with van der Waals surface area (Å²) in [6.07, 6.45) is 3.20. The summed E-state index contributed by atoms with van der Waals surface area (Å²) < 4.78 is 0. The SMILES string of the molecule is C/C(=C\N(C)C)Cc1ccccc1. The average molecular weight is 175 g/mol. The van der Waals surface area contributed by atoms with Gasteiger partial charge in [0.25, 0.3) is 0 Å². The molecule has 0 bridgehead atoms. The van der Waals surface area contributed by atoms with E-state index in [-0.39, 0.29) is 0 Å². The Kier molecular flexibility index (Phi) is 3.56. The van der Waals surface area contributed by atoms with Gasteiger partial charge in [0.1, 0.15) is 0 Å². The first-order chi connectivity index (χ1) is 6.18. The van der Waals surface area contributed by atoms with Gasteiger partial charge >= 0.3 is 0 Å². The second-order valence-electron chi connectivity index (χ2n) is 3.60. The third kappa shape index (κ3) is 3.79. The summed E-state index contributed by atoms with van der Waals surface area (Å²) in [4.78, 5) is 2.08. The molecule has 0 spiro atoms. The maximum Gasteiger partial charge on any atom is 0.00556 e. The van der Waals surface area contributed by atoms with Crippen molar-refractivity contribution in [2.45, 2.75) is 13.3 Å². The van der Waals surface area contributed by atoms with Gasteiger partial charge in [-0.25, -0.2) is 0 Å². The number of hydrogen-bond acceptors (Lipinski definition) is 1. The molecular weight excluding hydrogens is 158 g/mol. The number of nitrogens with zero attached hydrogens (tertiary/aromatic N) is 1. The van der Waals surface area contributed by atoms with Crippen molar-refractivity contribution in [3.8, 4) is 0 Å². The summed E-state index contributed by atoms with van der Waals surface area (Å²) in [5.41, 5.74) is 2.76. The highest BCUT2D eigenvalue weighted by molar-refractivity contribution is 5.20. The van der Waals surface area contributed by atoms with Gasteiger partial charge < -0.3 is 4.90 Å². The summed E-state index contributed by atoms with van der Waals surface area (Å²) in [7, 11) is 4.10. The molecule has 0 atom stereocenters. The molecule has 0 aliphatic carbocycles. The van der Waals surface area contributed by atoms with E-state index in [4.69, 9.17) is 0 Å². The third-order valence-electron chi connectivity index (χ3n) is 1.80. The fraction of sp³-hybridized carbons (Fsp3) is 0.333. The average Bonchev–Trinajstić information content (AvgIpc) is 2.04. The van der Waals surface area contributed by atoms with Gasteiger partial charge in [-0.1, -0.05) is 35.9 Å². The number of rotatable bonds is 3. The monoisotopic (exact) mass is 175 g/mol. The highest BCUT2D eigenvalue weighted by Crippen LogP contribution is 2.06. The molecule has 0 saturated heterocycles.